The number of nitrogens with zero attached hydrogens (tertiary/aromatic N) is 5. The van der Waals surface area contributed by atoms with Gasteiger partial charge in [0.05, 0.1) is 11.7 Å². The van der Waals surface area contributed by atoms with Gasteiger partial charge in [0.25, 0.3) is 5.56 Å². The molecule has 4 aromatic rings. The largest absolute Gasteiger partial charge is 0.355 e. The van der Waals surface area contributed by atoms with E-state index in [9.17, 15) is 4.79 Å². The lowest BCUT2D eigenvalue weighted by Gasteiger charge is -2.19. The zero-order chi connectivity index (χ0) is 20.6. The lowest BCUT2D eigenvalue weighted by molar-refractivity contribution is 0.366. The molecule has 2 N–H and O–H groups in total. The number of H-pyrrole nitrogens is 1. The molecule has 4 rings (SSSR count). The molecule has 3 heterocycles. The molecule has 0 spiro atoms. The van der Waals surface area contributed by atoms with Crippen LogP contribution in [0.15, 0.2) is 39.8 Å². The van der Waals surface area contributed by atoms with Gasteiger partial charge >= 0.3 is 0 Å². The third kappa shape index (κ3) is 4.00. The molecule has 0 aliphatic rings. The van der Waals surface area contributed by atoms with Crippen molar-refractivity contribution in [1.82, 2.24) is 29.9 Å². The van der Waals surface area contributed by atoms with E-state index in [2.05, 4.69) is 30.5 Å². The van der Waals surface area contributed by atoms with Crippen LogP contribution in [-0.4, -0.2) is 36.4 Å². The SMILES string of the molecule is CC(C)(C)n1ncc2c(=O)[nH]c(NCCc3nc(-c4ccc(Cl)cc4)no3)nc21. The molecule has 0 aliphatic heterocycles. The topological polar surface area (TPSA) is 115 Å². The van der Waals surface area contributed by atoms with Crippen LogP contribution in [0.25, 0.3) is 22.4 Å². The van der Waals surface area contributed by atoms with Gasteiger partial charge in [0.2, 0.25) is 17.7 Å². The third-order valence-corrected chi connectivity index (χ3v) is 4.53. The molecule has 0 amide bonds. The summed E-state index contributed by atoms with van der Waals surface area (Å²) < 4.78 is 7.03. The van der Waals surface area contributed by atoms with Crippen molar-refractivity contribution >= 4 is 28.6 Å². The van der Waals surface area contributed by atoms with Gasteiger partial charge in [-0.15, -0.1) is 0 Å². The maximum absolute atomic E-state index is 12.3. The highest BCUT2D eigenvalue weighted by Crippen LogP contribution is 2.20. The normalized spacial score (nSPS) is 11.9. The number of rotatable bonds is 5. The van der Waals surface area contributed by atoms with E-state index in [0.717, 1.165) is 5.56 Å². The minimum atomic E-state index is -0.290. The van der Waals surface area contributed by atoms with Crippen molar-refractivity contribution in [2.75, 3.05) is 11.9 Å². The van der Waals surface area contributed by atoms with Crippen molar-refractivity contribution in [2.45, 2.75) is 32.7 Å². The predicted molar refractivity (Wildman–Crippen MR) is 110 cm³/mol. The highest BCUT2D eigenvalue weighted by molar-refractivity contribution is 6.30. The number of fused-ring (bicyclic) bond motifs is 1. The summed E-state index contributed by atoms with van der Waals surface area (Å²) in [4.78, 5) is 23.9. The van der Waals surface area contributed by atoms with Crippen LogP contribution in [0.2, 0.25) is 5.02 Å². The van der Waals surface area contributed by atoms with Crippen LogP contribution in [0, 0.1) is 0 Å². The molecule has 0 bridgehead atoms. The molecule has 0 unspecified atom stereocenters. The maximum atomic E-state index is 12.3. The second-order valence-electron chi connectivity index (χ2n) is 7.57. The molecular weight excluding hydrogens is 394 g/mol. The first-order valence-corrected chi connectivity index (χ1v) is 9.50. The van der Waals surface area contributed by atoms with E-state index >= 15 is 0 Å². The van der Waals surface area contributed by atoms with Crippen molar-refractivity contribution < 1.29 is 4.52 Å². The molecule has 150 valence electrons. The van der Waals surface area contributed by atoms with Gasteiger partial charge in [0.15, 0.2) is 5.65 Å². The number of nitrogens with one attached hydrogen (secondary N) is 2. The summed E-state index contributed by atoms with van der Waals surface area (Å²) in [6.45, 7) is 6.47. The molecule has 0 saturated carbocycles. The first-order chi connectivity index (χ1) is 13.8. The monoisotopic (exact) mass is 413 g/mol. The molecule has 29 heavy (non-hydrogen) atoms. The highest BCUT2D eigenvalue weighted by atomic mass is 35.5. The molecule has 9 nitrogen and oxygen atoms in total. The summed E-state index contributed by atoms with van der Waals surface area (Å²) in [5.41, 5.74) is 0.827. The Bertz CT molecular complexity index is 1200. The van der Waals surface area contributed by atoms with Gasteiger partial charge < -0.3 is 9.84 Å². The summed E-state index contributed by atoms with van der Waals surface area (Å²) in [6, 6.07) is 7.21. The Hall–Kier alpha value is -3.20. The molecule has 0 aliphatic carbocycles. The Morgan fingerprint density at radius 2 is 1.97 bits per heavy atom. The fourth-order valence-corrected chi connectivity index (χ4v) is 2.98. The van der Waals surface area contributed by atoms with Crippen LogP contribution in [0.4, 0.5) is 5.95 Å². The fraction of sp³-hybridized carbons (Fsp3) is 0.316. The van der Waals surface area contributed by atoms with Crippen LogP contribution in [0.1, 0.15) is 26.7 Å². The number of benzene rings is 1. The zero-order valence-corrected chi connectivity index (χ0v) is 17.0. The Morgan fingerprint density at radius 1 is 1.21 bits per heavy atom. The number of anilines is 1. The Balaban J connectivity index is 1.46. The van der Waals surface area contributed by atoms with Crippen LogP contribution in [0.5, 0.6) is 0 Å². The average Bonchev–Trinajstić information content (AvgIpc) is 3.29. The predicted octanol–water partition coefficient (Wildman–Crippen LogP) is 3.23. The summed E-state index contributed by atoms with van der Waals surface area (Å²) in [7, 11) is 0. The van der Waals surface area contributed by atoms with E-state index in [-0.39, 0.29) is 11.1 Å². The second-order valence-corrected chi connectivity index (χ2v) is 8.01. The zero-order valence-electron chi connectivity index (χ0n) is 16.2. The third-order valence-electron chi connectivity index (χ3n) is 4.28. The number of halogens is 1. The smallest absolute Gasteiger partial charge is 0.263 e. The summed E-state index contributed by atoms with van der Waals surface area (Å²) in [5.74, 6) is 1.34. The molecule has 0 fully saturated rings. The van der Waals surface area contributed by atoms with Gasteiger partial charge in [0.1, 0.15) is 5.39 Å². The molecule has 0 saturated heterocycles. The summed E-state index contributed by atoms with van der Waals surface area (Å²) >= 11 is 5.90. The van der Waals surface area contributed by atoms with Gasteiger partial charge in [0, 0.05) is 23.6 Å². The number of hydrogen-bond donors (Lipinski definition) is 2. The van der Waals surface area contributed by atoms with Crippen molar-refractivity contribution in [2.24, 2.45) is 0 Å². The first-order valence-electron chi connectivity index (χ1n) is 9.12. The molecular formula is C19H20ClN7O2. The van der Waals surface area contributed by atoms with E-state index in [1.54, 1.807) is 16.8 Å². The number of aromatic amines is 1. The minimum absolute atomic E-state index is 0.240. The first kappa shape index (κ1) is 19.1. The van der Waals surface area contributed by atoms with Crippen molar-refractivity contribution in [3.8, 4) is 11.4 Å². The second kappa shape index (κ2) is 7.32. The molecule has 1 aromatic carbocycles. The van der Waals surface area contributed by atoms with Gasteiger partial charge in [-0.05, 0) is 45.0 Å². The lowest BCUT2D eigenvalue weighted by Crippen LogP contribution is -2.24. The average molecular weight is 414 g/mol. The summed E-state index contributed by atoms with van der Waals surface area (Å²) in [5, 5.41) is 12.5. The Labute approximate surface area is 171 Å². The van der Waals surface area contributed by atoms with Crippen LogP contribution < -0.4 is 10.9 Å². The molecule has 3 aromatic heterocycles. The van der Waals surface area contributed by atoms with E-state index in [1.807, 2.05) is 32.9 Å². The lowest BCUT2D eigenvalue weighted by atomic mass is 10.1. The van der Waals surface area contributed by atoms with Crippen LogP contribution in [0.3, 0.4) is 0 Å². The Morgan fingerprint density at radius 3 is 2.69 bits per heavy atom. The van der Waals surface area contributed by atoms with Gasteiger partial charge in [-0.3, -0.25) is 9.78 Å². The fourth-order valence-electron chi connectivity index (χ4n) is 2.85. The standard InChI is InChI=1S/C19H20ClN7O2/c1-19(2,3)27-16-13(10-22-27)17(28)25-18(24-16)21-9-8-14-23-15(26-29-14)11-4-6-12(20)7-5-11/h4-7,10H,8-9H2,1-3H3,(H2,21,24,25,28). The van der Waals surface area contributed by atoms with E-state index < -0.39 is 0 Å². The molecule has 0 radical (unpaired) electrons. The van der Waals surface area contributed by atoms with Crippen LogP contribution in [-0.2, 0) is 12.0 Å². The quantitative estimate of drug-likeness (QED) is 0.516. The maximum Gasteiger partial charge on any atom is 0.263 e. The van der Waals surface area contributed by atoms with Crippen LogP contribution >= 0.6 is 11.6 Å². The number of hydrogen-bond acceptors (Lipinski definition) is 7. The molecule has 0 atom stereocenters. The van der Waals surface area contributed by atoms with Gasteiger partial charge in [-0.1, -0.05) is 16.8 Å². The van der Waals surface area contributed by atoms with E-state index in [1.165, 1.54) is 6.20 Å². The van der Waals surface area contributed by atoms with E-state index in [0.29, 0.717) is 46.7 Å². The minimum Gasteiger partial charge on any atom is -0.355 e. The van der Waals surface area contributed by atoms with Crippen molar-refractivity contribution in [1.29, 1.82) is 0 Å². The van der Waals surface area contributed by atoms with Crippen molar-refractivity contribution in [3.63, 3.8) is 0 Å². The number of aromatic nitrogens is 6. The van der Waals surface area contributed by atoms with E-state index in [4.69, 9.17) is 16.1 Å². The summed E-state index contributed by atoms with van der Waals surface area (Å²) in [6.07, 6.45) is 2.01. The van der Waals surface area contributed by atoms with Gasteiger partial charge in [-0.25, -0.2) is 4.68 Å². The van der Waals surface area contributed by atoms with Gasteiger partial charge in [-0.2, -0.15) is 15.1 Å². The molecule has 10 heteroatoms. The Kier molecular flexibility index (Phi) is 4.83. The van der Waals surface area contributed by atoms with Crippen molar-refractivity contribution in [3.05, 3.63) is 51.7 Å². The highest BCUT2D eigenvalue weighted by Gasteiger charge is 2.20.